The van der Waals surface area contributed by atoms with E-state index >= 15 is 0 Å². The molecule has 2 rings (SSSR count). The van der Waals surface area contributed by atoms with Crippen molar-refractivity contribution in [2.24, 2.45) is 0 Å². The topological polar surface area (TPSA) is 29.5 Å². The summed E-state index contributed by atoms with van der Waals surface area (Å²) in [7, 11) is 1.35. The lowest BCUT2D eigenvalue weighted by Gasteiger charge is -2.43. The van der Waals surface area contributed by atoms with Gasteiger partial charge in [-0.2, -0.15) is 0 Å². The van der Waals surface area contributed by atoms with Gasteiger partial charge in [0.25, 0.3) is 5.92 Å². The molecule has 1 unspecified atom stereocenters. The number of rotatable bonds is 4. The fourth-order valence-corrected chi connectivity index (χ4v) is 2.00. The van der Waals surface area contributed by atoms with Crippen LogP contribution in [0.1, 0.15) is 39.2 Å². The van der Waals surface area contributed by atoms with E-state index in [9.17, 15) is 13.6 Å². The lowest BCUT2D eigenvalue weighted by molar-refractivity contribution is -0.140. The second kappa shape index (κ2) is 10.8. The summed E-state index contributed by atoms with van der Waals surface area (Å²) in [5.41, 5.74) is 1.03. The molecule has 5 heteroatoms. The van der Waals surface area contributed by atoms with Gasteiger partial charge in [0, 0.05) is 19.9 Å². The molecular formula is C18H27F2NO2. The molecule has 0 N–H and O–H groups in total. The minimum absolute atomic E-state index is 0.00318. The molecule has 0 amide bonds. The van der Waals surface area contributed by atoms with E-state index in [0.29, 0.717) is 13.0 Å². The Balaban J connectivity index is 0.000000594. The Morgan fingerprint density at radius 2 is 1.91 bits per heavy atom. The number of alkyl halides is 2. The minimum Gasteiger partial charge on any atom is -0.469 e. The number of hydrogen-bond donors (Lipinski definition) is 0. The zero-order chi connectivity index (χ0) is 17.9. The first-order chi connectivity index (χ1) is 10.9. The average molecular weight is 327 g/mol. The minimum atomic E-state index is -2.55. The number of halogens is 2. The summed E-state index contributed by atoms with van der Waals surface area (Å²) in [4.78, 5) is 11.2. The molecule has 1 aliphatic carbocycles. The van der Waals surface area contributed by atoms with E-state index in [2.05, 4.69) is 11.3 Å². The van der Waals surface area contributed by atoms with Crippen molar-refractivity contribution in [2.45, 2.75) is 52.1 Å². The fraction of sp³-hybridized carbons (Fsp3) is 0.500. The maximum Gasteiger partial charge on any atom is 0.302 e. The number of carbonyl (C=O) groups excluding carboxylic acids is 1. The van der Waals surface area contributed by atoms with Gasteiger partial charge in [0.15, 0.2) is 0 Å². The molecule has 0 spiro atoms. The number of ether oxygens (including phenoxy) is 1. The van der Waals surface area contributed by atoms with E-state index in [1.54, 1.807) is 4.90 Å². The van der Waals surface area contributed by atoms with Crippen molar-refractivity contribution in [3.63, 3.8) is 0 Å². The second-order valence-electron chi connectivity index (χ2n) is 4.85. The summed E-state index contributed by atoms with van der Waals surface area (Å²) in [6.07, 6.45) is 2.06. The van der Waals surface area contributed by atoms with Crippen LogP contribution >= 0.6 is 0 Å². The van der Waals surface area contributed by atoms with Crippen LogP contribution in [0.25, 0.3) is 0 Å². The molecule has 0 aromatic heterocycles. The van der Waals surface area contributed by atoms with Crippen LogP contribution in [0.5, 0.6) is 0 Å². The molecule has 1 aromatic rings. The third kappa shape index (κ3) is 7.26. The van der Waals surface area contributed by atoms with E-state index in [1.807, 2.05) is 44.2 Å². The van der Waals surface area contributed by atoms with E-state index < -0.39 is 12.0 Å². The quantitative estimate of drug-likeness (QED) is 0.755. The Morgan fingerprint density at radius 3 is 2.22 bits per heavy atom. The van der Waals surface area contributed by atoms with Crippen molar-refractivity contribution in [1.82, 2.24) is 4.90 Å². The van der Waals surface area contributed by atoms with Crippen molar-refractivity contribution in [1.29, 1.82) is 0 Å². The van der Waals surface area contributed by atoms with Gasteiger partial charge in [-0.25, -0.2) is 8.78 Å². The molecule has 1 aromatic carbocycles. The van der Waals surface area contributed by atoms with Gasteiger partial charge < -0.3 is 9.64 Å². The predicted octanol–water partition coefficient (Wildman–Crippen LogP) is 4.64. The van der Waals surface area contributed by atoms with Gasteiger partial charge in [-0.1, -0.05) is 50.8 Å². The van der Waals surface area contributed by atoms with E-state index in [1.165, 1.54) is 20.2 Å². The maximum atomic E-state index is 13.3. The maximum absolute atomic E-state index is 13.3. The van der Waals surface area contributed by atoms with Crippen molar-refractivity contribution in [3.05, 3.63) is 48.7 Å². The molecule has 130 valence electrons. The van der Waals surface area contributed by atoms with Crippen LogP contribution in [0, 0.1) is 0 Å². The first kappa shape index (κ1) is 21.1. The van der Waals surface area contributed by atoms with Gasteiger partial charge in [-0.15, -0.1) is 0 Å². The molecule has 0 radical (unpaired) electrons. The van der Waals surface area contributed by atoms with E-state index in [4.69, 9.17) is 0 Å². The van der Waals surface area contributed by atoms with Gasteiger partial charge in [-0.05, 0) is 18.2 Å². The molecule has 0 saturated heterocycles. The lowest BCUT2D eigenvalue weighted by atomic mass is 9.86. The zero-order valence-electron chi connectivity index (χ0n) is 14.4. The zero-order valence-corrected chi connectivity index (χ0v) is 14.4. The summed E-state index contributed by atoms with van der Waals surface area (Å²) in [6.45, 7) is 9.48. The molecule has 0 aliphatic heterocycles. The summed E-state index contributed by atoms with van der Waals surface area (Å²) in [5, 5.41) is 0. The molecule has 23 heavy (non-hydrogen) atoms. The van der Waals surface area contributed by atoms with E-state index in [0.717, 1.165) is 5.56 Å². The molecule has 0 heterocycles. The lowest BCUT2D eigenvalue weighted by Crippen LogP contribution is -2.52. The molecule has 3 nitrogen and oxygen atoms in total. The van der Waals surface area contributed by atoms with Crippen LogP contribution in [0.15, 0.2) is 43.1 Å². The monoisotopic (exact) mass is 327 g/mol. The molecule has 1 fully saturated rings. The number of nitrogens with zero attached hydrogens (tertiary/aromatic N) is 1. The average Bonchev–Trinajstić information content (AvgIpc) is 2.56. The number of benzene rings is 1. The molecule has 1 saturated carbocycles. The Bertz CT molecular complexity index is 463. The number of hydrogen-bond acceptors (Lipinski definition) is 3. The molecular weight excluding hydrogens is 300 g/mol. The Labute approximate surface area is 137 Å². The fourth-order valence-electron chi connectivity index (χ4n) is 2.00. The van der Waals surface area contributed by atoms with Gasteiger partial charge in [0.2, 0.25) is 0 Å². The van der Waals surface area contributed by atoms with Crippen LogP contribution in [0.3, 0.4) is 0 Å². The van der Waals surface area contributed by atoms with Gasteiger partial charge >= 0.3 is 5.97 Å². The van der Waals surface area contributed by atoms with Gasteiger partial charge in [-0.3, -0.25) is 4.79 Å². The summed E-state index contributed by atoms with van der Waals surface area (Å²) >= 11 is 0. The Kier molecular flexibility index (Phi) is 9.86. The summed E-state index contributed by atoms with van der Waals surface area (Å²) in [6, 6.07) is 8.94. The van der Waals surface area contributed by atoms with Crippen molar-refractivity contribution in [3.8, 4) is 0 Å². The number of methoxy groups -OCH3 is 1. The highest BCUT2D eigenvalue weighted by molar-refractivity contribution is 5.65. The largest absolute Gasteiger partial charge is 0.469 e. The van der Waals surface area contributed by atoms with Crippen molar-refractivity contribution in [2.75, 3.05) is 7.11 Å². The standard InChI is InChI=1S/C13H15F2N.C3H6O2.C2H6/c1-2-16(12-8-9-13(12,14)15)10-11-6-4-3-5-7-11;1-3(4)5-2;1-2/h2-7,12H,1,8-10H2;1-2H3;1-2H3. The van der Waals surface area contributed by atoms with Gasteiger partial charge in [0.05, 0.1) is 13.2 Å². The van der Waals surface area contributed by atoms with E-state index in [-0.39, 0.29) is 12.4 Å². The molecule has 1 aliphatic rings. The van der Waals surface area contributed by atoms with Crippen LogP contribution in [0.2, 0.25) is 0 Å². The van der Waals surface area contributed by atoms with Crippen molar-refractivity contribution >= 4 is 5.97 Å². The van der Waals surface area contributed by atoms with Crippen molar-refractivity contribution < 1.29 is 18.3 Å². The summed E-state index contributed by atoms with van der Waals surface area (Å²) < 4.78 is 30.6. The normalized spacial score (nSPS) is 17.2. The van der Waals surface area contributed by atoms with Crippen LogP contribution in [-0.2, 0) is 16.1 Å². The molecule has 1 atom stereocenters. The first-order valence-corrected chi connectivity index (χ1v) is 7.75. The highest BCUT2D eigenvalue weighted by Gasteiger charge is 2.50. The SMILES string of the molecule is C=CN(Cc1ccccc1)C1CCC1(F)F.CC.COC(C)=O. The Morgan fingerprint density at radius 1 is 1.39 bits per heavy atom. The highest BCUT2D eigenvalue weighted by atomic mass is 19.3. The highest BCUT2D eigenvalue weighted by Crippen LogP contribution is 2.41. The summed E-state index contributed by atoms with van der Waals surface area (Å²) in [5.74, 6) is -2.80. The second-order valence-corrected chi connectivity index (χ2v) is 4.85. The smallest absolute Gasteiger partial charge is 0.302 e. The third-order valence-corrected chi connectivity index (χ3v) is 3.37. The van der Waals surface area contributed by atoms with Crippen LogP contribution in [0.4, 0.5) is 8.78 Å². The van der Waals surface area contributed by atoms with Crippen LogP contribution < -0.4 is 0 Å². The number of esters is 1. The third-order valence-electron chi connectivity index (χ3n) is 3.37. The first-order valence-electron chi connectivity index (χ1n) is 7.75. The number of carbonyl (C=O) groups is 1. The molecule has 0 bridgehead atoms. The van der Waals surface area contributed by atoms with Gasteiger partial charge in [0.1, 0.15) is 0 Å². The Hall–Kier alpha value is -1.91. The van der Waals surface area contributed by atoms with Crippen LogP contribution in [-0.4, -0.2) is 29.9 Å². The predicted molar refractivity (Wildman–Crippen MR) is 89.2 cm³/mol.